The largest absolute Gasteiger partial charge is 0.448 e. The van der Waals surface area contributed by atoms with Gasteiger partial charge in [0.2, 0.25) is 10.0 Å². The number of carbonyl (C=O) groups excluding carboxylic acids is 2. The van der Waals surface area contributed by atoms with Crippen molar-refractivity contribution in [3.05, 3.63) is 66.1 Å². The van der Waals surface area contributed by atoms with Crippen LogP contribution in [-0.4, -0.2) is 71.2 Å². The number of pyridine rings is 1. The van der Waals surface area contributed by atoms with Gasteiger partial charge in [-0.05, 0) is 38.1 Å². The molecule has 10 heteroatoms. The fourth-order valence-electron chi connectivity index (χ4n) is 3.67. The summed E-state index contributed by atoms with van der Waals surface area (Å²) in [5.74, 6) is -1.05. The minimum Gasteiger partial charge on any atom is -0.448 e. The second-order valence-corrected chi connectivity index (χ2v) is 9.55. The monoisotopic (exact) mass is 456 g/mol. The third-order valence-electron chi connectivity index (χ3n) is 5.47. The molecule has 1 amide bonds. The first-order valence-corrected chi connectivity index (χ1v) is 11.7. The van der Waals surface area contributed by atoms with E-state index >= 15 is 0 Å². The van der Waals surface area contributed by atoms with Crippen LogP contribution in [0.2, 0.25) is 0 Å². The Morgan fingerprint density at radius 3 is 2.34 bits per heavy atom. The molecule has 3 heterocycles. The van der Waals surface area contributed by atoms with E-state index in [-0.39, 0.29) is 42.7 Å². The summed E-state index contributed by atoms with van der Waals surface area (Å²) in [5.41, 5.74) is 1.66. The smallest absolute Gasteiger partial charge is 0.359 e. The van der Waals surface area contributed by atoms with Gasteiger partial charge < -0.3 is 14.0 Å². The maximum absolute atomic E-state index is 12.8. The molecule has 0 N–H and O–H groups in total. The topological polar surface area (TPSA) is 101 Å². The van der Waals surface area contributed by atoms with Crippen molar-refractivity contribution in [1.29, 1.82) is 0 Å². The Kier molecular flexibility index (Phi) is 5.98. The maximum Gasteiger partial charge on any atom is 0.359 e. The number of benzene rings is 1. The summed E-state index contributed by atoms with van der Waals surface area (Å²) in [6.07, 6.45) is 0.572. The number of sulfonamides is 1. The molecular formula is C22H24N4O5S. The van der Waals surface area contributed by atoms with Gasteiger partial charge in [-0.2, -0.15) is 4.31 Å². The predicted octanol–water partition coefficient (Wildman–Crippen LogP) is 1.72. The second kappa shape index (κ2) is 8.71. The molecule has 2 aromatic heterocycles. The number of amides is 1. The van der Waals surface area contributed by atoms with Gasteiger partial charge in [-0.1, -0.05) is 24.3 Å². The first-order valence-electron chi connectivity index (χ1n) is 10.3. The van der Waals surface area contributed by atoms with Crippen LogP contribution in [0.4, 0.5) is 0 Å². The van der Waals surface area contributed by atoms with Crippen molar-refractivity contribution >= 4 is 27.5 Å². The molecule has 0 saturated carbocycles. The molecule has 1 atom stereocenters. The zero-order chi connectivity index (χ0) is 22.9. The summed E-state index contributed by atoms with van der Waals surface area (Å²) < 4.78 is 34.0. The van der Waals surface area contributed by atoms with Crippen molar-refractivity contribution in [2.75, 3.05) is 26.2 Å². The number of carbonyl (C=O) groups is 2. The number of piperazine rings is 1. The fraction of sp³-hybridized carbons (Fsp3) is 0.318. The summed E-state index contributed by atoms with van der Waals surface area (Å²) in [7, 11) is -3.60. The van der Waals surface area contributed by atoms with Crippen molar-refractivity contribution < 1.29 is 22.7 Å². The van der Waals surface area contributed by atoms with Gasteiger partial charge in [-0.25, -0.2) is 18.2 Å². The van der Waals surface area contributed by atoms with E-state index in [4.69, 9.17) is 4.74 Å². The molecule has 9 nitrogen and oxygen atoms in total. The van der Waals surface area contributed by atoms with Gasteiger partial charge in [-0.15, -0.1) is 0 Å². The molecule has 0 spiro atoms. The Hall–Kier alpha value is -3.24. The lowest BCUT2D eigenvalue weighted by Gasteiger charge is -2.35. The van der Waals surface area contributed by atoms with Crippen LogP contribution in [0.1, 0.15) is 23.1 Å². The van der Waals surface area contributed by atoms with Gasteiger partial charge in [-0.3, -0.25) is 4.79 Å². The van der Waals surface area contributed by atoms with E-state index in [1.807, 2.05) is 19.1 Å². The highest BCUT2D eigenvalue weighted by Gasteiger charge is 2.32. The molecule has 1 aromatic carbocycles. The van der Waals surface area contributed by atoms with Gasteiger partial charge in [0.05, 0.1) is 4.90 Å². The lowest BCUT2D eigenvalue weighted by molar-refractivity contribution is -0.141. The summed E-state index contributed by atoms with van der Waals surface area (Å²) in [6, 6.07) is 13.7. The number of fused-ring (bicyclic) bond motifs is 1. The number of aryl methyl sites for hydroxylation is 1. The number of rotatable bonds is 5. The average Bonchev–Trinajstić information content (AvgIpc) is 3.25. The quantitative estimate of drug-likeness (QED) is 0.542. The Bertz CT molecular complexity index is 1250. The minimum absolute atomic E-state index is 0.123. The Balaban J connectivity index is 1.36. The predicted molar refractivity (Wildman–Crippen MR) is 117 cm³/mol. The SMILES string of the molecule is Cc1cccc2nc(C(=O)OC(C)C(=O)N3CCN(S(=O)(=O)c4ccccc4)CC3)cn12. The number of esters is 1. The second-order valence-electron chi connectivity index (χ2n) is 7.61. The van der Waals surface area contributed by atoms with Crippen molar-refractivity contribution in [2.45, 2.75) is 24.8 Å². The molecule has 0 bridgehead atoms. The van der Waals surface area contributed by atoms with Crippen LogP contribution in [0.25, 0.3) is 5.65 Å². The standard InChI is InChI=1S/C22H24N4O5S/c1-16-7-6-10-20-23-19(15-26(16)20)22(28)31-17(2)21(27)24-11-13-25(14-12-24)32(29,30)18-8-4-3-5-9-18/h3-10,15,17H,11-14H2,1-2H3. The first kappa shape index (κ1) is 22.0. The molecule has 3 aromatic rings. The fourth-order valence-corrected chi connectivity index (χ4v) is 5.11. The van der Waals surface area contributed by atoms with Gasteiger partial charge in [0.25, 0.3) is 5.91 Å². The van der Waals surface area contributed by atoms with Crippen molar-refractivity contribution in [3.8, 4) is 0 Å². The zero-order valence-corrected chi connectivity index (χ0v) is 18.7. The van der Waals surface area contributed by atoms with E-state index in [1.165, 1.54) is 16.1 Å². The minimum atomic E-state index is -3.60. The highest BCUT2D eigenvalue weighted by Crippen LogP contribution is 2.18. The highest BCUT2D eigenvalue weighted by atomic mass is 32.2. The molecule has 168 valence electrons. The van der Waals surface area contributed by atoms with E-state index in [1.54, 1.807) is 47.0 Å². The molecule has 1 saturated heterocycles. The van der Waals surface area contributed by atoms with Gasteiger partial charge >= 0.3 is 5.97 Å². The van der Waals surface area contributed by atoms with Gasteiger partial charge in [0, 0.05) is 38.1 Å². The molecular weight excluding hydrogens is 432 g/mol. The molecule has 0 aliphatic carbocycles. The third kappa shape index (κ3) is 4.23. The van der Waals surface area contributed by atoms with Crippen LogP contribution < -0.4 is 0 Å². The average molecular weight is 457 g/mol. The van der Waals surface area contributed by atoms with Crippen molar-refractivity contribution in [2.24, 2.45) is 0 Å². The van der Waals surface area contributed by atoms with Crippen molar-refractivity contribution in [3.63, 3.8) is 0 Å². The number of ether oxygens (including phenoxy) is 1. The van der Waals surface area contributed by atoms with E-state index in [0.717, 1.165) is 5.69 Å². The zero-order valence-electron chi connectivity index (χ0n) is 17.8. The van der Waals surface area contributed by atoms with Crippen LogP contribution in [0, 0.1) is 6.92 Å². The normalized spacial score (nSPS) is 16.1. The molecule has 1 fully saturated rings. The molecule has 1 aliphatic heterocycles. The highest BCUT2D eigenvalue weighted by molar-refractivity contribution is 7.89. The summed E-state index contributed by atoms with van der Waals surface area (Å²) in [5, 5.41) is 0. The van der Waals surface area contributed by atoms with E-state index < -0.39 is 22.1 Å². The number of aromatic nitrogens is 2. The third-order valence-corrected chi connectivity index (χ3v) is 7.38. The number of hydrogen-bond acceptors (Lipinski definition) is 6. The Morgan fingerprint density at radius 1 is 1.00 bits per heavy atom. The Morgan fingerprint density at radius 2 is 1.69 bits per heavy atom. The molecule has 32 heavy (non-hydrogen) atoms. The lowest BCUT2D eigenvalue weighted by atomic mass is 10.3. The van der Waals surface area contributed by atoms with Gasteiger partial charge in [0.15, 0.2) is 11.8 Å². The summed E-state index contributed by atoms with van der Waals surface area (Å²) in [6.45, 7) is 4.20. The Labute approximate surface area is 186 Å². The van der Waals surface area contributed by atoms with Crippen LogP contribution in [0.3, 0.4) is 0 Å². The van der Waals surface area contributed by atoms with Crippen molar-refractivity contribution in [1.82, 2.24) is 18.6 Å². The number of hydrogen-bond donors (Lipinski definition) is 0. The molecule has 1 unspecified atom stereocenters. The lowest BCUT2D eigenvalue weighted by Crippen LogP contribution is -2.52. The summed E-state index contributed by atoms with van der Waals surface area (Å²) in [4.78, 5) is 31.3. The first-order chi connectivity index (χ1) is 15.3. The molecule has 1 aliphatic rings. The van der Waals surface area contributed by atoms with Gasteiger partial charge in [0.1, 0.15) is 5.65 Å². The molecule has 0 radical (unpaired) electrons. The van der Waals surface area contributed by atoms with Crippen LogP contribution in [0.5, 0.6) is 0 Å². The van der Waals surface area contributed by atoms with Crippen LogP contribution in [0.15, 0.2) is 59.6 Å². The van der Waals surface area contributed by atoms with Crippen LogP contribution in [-0.2, 0) is 19.6 Å². The number of nitrogens with zero attached hydrogens (tertiary/aromatic N) is 4. The number of imidazole rings is 1. The van der Waals surface area contributed by atoms with E-state index in [0.29, 0.717) is 5.65 Å². The maximum atomic E-state index is 12.8. The van der Waals surface area contributed by atoms with E-state index in [2.05, 4.69) is 4.98 Å². The summed E-state index contributed by atoms with van der Waals surface area (Å²) >= 11 is 0. The van der Waals surface area contributed by atoms with E-state index in [9.17, 15) is 18.0 Å². The van der Waals surface area contributed by atoms with Crippen LogP contribution >= 0.6 is 0 Å². The molecule has 4 rings (SSSR count).